The van der Waals surface area contributed by atoms with Crippen molar-refractivity contribution < 1.29 is 26.1 Å². The van der Waals surface area contributed by atoms with Crippen LogP contribution in [-0.4, -0.2) is 22.9 Å². The lowest BCUT2D eigenvalue weighted by Gasteiger charge is -2.10. The maximum atomic E-state index is 12.6. The van der Waals surface area contributed by atoms with Gasteiger partial charge >= 0.3 is 16.3 Å². The van der Waals surface area contributed by atoms with Crippen molar-refractivity contribution in [2.45, 2.75) is 11.2 Å². The fourth-order valence-corrected chi connectivity index (χ4v) is 1.97. The van der Waals surface area contributed by atoms with Crippen LogP contribution in [0.25, 0.3) is 11.0 Å². The maximum absolute atomic E-state index is 12.6. The molecular formula is C9H5F3N2O3S. The van der Waals surface area contributed by atoms with Gasteiger partial charge in [-0.15, -0.1) is 0 Å². The molecule has 9 heteroatoms. The molecule has 0 fully saturated rings. The number of benzene rings is 1. The van der Waals surface area contributed by atoms with Crippen molar-refractivity contribution in [2.24, 2.45) is 0 Å². The zero-order valence-corrected chi connectivity index (χ0v) is 9.33. The lowest BCUT2D eigenvalue weighted by Crippen LogP contribution is -2.17. The van der Waals surface area contributed by atoms with E-state index in [1.165, 1.54) is 24.3 Å². The average Bonchev–Trinajstić information content (AvgIpc) is 2.25. The minimum atomic E-state index is -5.10. The van der Waals surface area contributed by atoms with Crippen LogP contribution in [0.3, 0.4) is 0 Å². The fraction of sp³-hybridized carbons (Fsp3) is 0.111. The zero-order chi connectivity index (χ0) is 13.6. The highest BCUT2D eigenvalue weighted by Gasteiger charge is 2.40. The predicted molar refractivity (Wildman–Crippen MR) is 54.4 cm³/mol. The molecular weight excluding hydrogens is 273 g/mol. The summed E-state index contributed by atoms with van der Waals surface area (Å²) in [6.07, 6.45) is -5.03. The Hall–Kier alpha value is -1.74. The third-order valence-electron chi connectivity index (χ3n) is 2.05. The van der Waals surface area contributed by atoms with Crippen LogP contribution in [-0.2, 0) is 16.3 Å². The minimum absolute atomic E-state index is 0.0573. The summed E-state index contributed by atoms with van der Waals surface area (Å²) >= 11 is 0. The van der Waals surface area contributed by atoms with Crippen LogP contribution < -0.4 is 0 Å². The van der Waals surface area contributed by atoms with Gasteiger partial charge in [0.15, 0.2) is 5.69 Å². The first-order chi connectivity index (χ1) is 8.19. The normalized spacial score (nSPS) is 12.9. The molecule has 0 aliphatic carbocycles. The standard InChI is InChI=1S/C9H5F3N2O3S/c10-9(11,12)7-8(18(15,16)17)14-6-4-2-1-3-5(6)13-7/h1-4H,(H,15,16,17). The highest BCUT2D eigenvalue weighted by molar-refractivity contribution is 7.85. The summed E-state index contributed by atoms with van der Waals surface area (Å²) in [5.74, 6) is 0. The first-order valence-corrected chi connectivity index (χ1v) is 5.95. The topological polar surface area (TPSA) is 80.2 Å². The van der Waals surface area contributed by atoms with Crippen molar-refractivity contribution in [3.8, 4) is 0 Å². The van der Waals surface area contributed by atoms with E-state index < -0.39 is 27.0 Å². The molecule has 0 amide bonds. The lowest BCUT2D eigenvalue weighted by molar-refractivity contribution is -0.143. The summed E-state index contributed by atoms with van der Waals surface area (Å²) in [5.41, 5.74) is -1.90. The van der Waals surface area contributed by atoms with Crippen LogP contribution in [0.1, 0.15) is 5.69 Å². The molecule has 0 saturated heterocycles. The minimum Gasteiger partial charge on any atom is -0.281 e. The lowest BCUT2D eigenvalue weighted by atomic mass is 10.3. The second-order valence-electron chi connectivity index (χ2n) is 3.34. The molecule has 18 heavy (non-hydrogen) atoms. The maximum Gasteiger partial charge on any atom is 0.436 e. The van der Waals surface area contributed by atoms with Crippen LogP contribution in [0, 0.1) is 0 Å². The van der Waals surface area contributed by atoms with Crippen molar-refractivity contribution in [3.05, 3.63) is 30.0 Å². The van der Waals surface area contributed by atoms with Crippen molar-refractivity contribution >= 4 is 21.2 Å². The number of rotatable bonds is 1. The van der Waals surface area contributed by atoms with Gasteiger partial charge in [-0.3, -0.25) is 4.55 Å². The summed E-state index contributed by atoms with van der Waals surface area (Å²) in [6, 6.07) is 5.44. The molecule has 0 radical (unpaired) electrons. The first kappa shape index (κ1) is 12.7. The van der Waals surface area contributed by atoms with Crippen molar-refractivity contribution in [3.63, 3.8) is 0 Å². The van der Waals surface area contributed by atoms with Crippen LogP contribution in [0.2, 0.25) is 0 Å². The fourth-order valence-electron chi connectivity index (χ4n) is 1.35. The van der Waals surface area contributed by atoms with Gasteiger partial charge < -0.3 is 0 Å². The Labute approximate surface area is 99.0 Å². The van der Waals surface area contributed by atoms with E-state index in [-0.39, 0.29) is 11.0 Å². The predicted octanol–water partition coefficient (Wildman–Crippen LogP) is 1.90. The monoisotopic (exact) mass is 278 g/mol. The van der Waals surface area contributed by atoms with Crippen molar-refractivity contribution in [1.82, 2.24) is 9.97 Å². The van der Waals surface area contributed by atoms with Gasteiger partial charge in [-0.25, -0.2) is 9.97 Å². The molecule has 0 bridgehead atoms. The number of nitrogens with zero attached hydrogens (tertiary/aromatic N) is 2. The van der Waals surface area contributed by atoms with Crippen LogP contribution in [0.5, 0.6) is 0 Å². The molecule has 0 aliphatic heterocycles. The molecule has 5 nitrogen and oxygen atoms in total. The molecule has 1 aromatic heterocycles. The van der Waals surface area contributed by atoms with E-state index in [9.17, 15) is 21.6 Å². The number of hydrogen-bond acceptors (Lipinski definition) is 4. The van der Waals surface area contributed by atoms with E-state index in [1.54, 1.807) is 0 Å². The summed E-state index contributed by atoms with van der Waals surface area (Å²) in [7, 11) is -5.10. The third kappa shape index (κ3) is 2.27. The molecule has 96 valence electrons. The van der Waals surface area contributed by atoms with E-state index >= 15 is 0 Å². The van der Waals surface area contributed by atoms with Gasteiger partial charge in [0.25, 0.3) is 0 Å². The van der Waals surface area contributed by atoms with Crippen LogP contribution in [0.4, 0.5) is 13.2 Å². The van der Waals surface area contributed by atoms with Gasteiger partial charge in [0.2, 0.25) is 5.03 Å². The Morgan fingerprint density at radius 2 is 1.56 bits per heavy atom. The van der Waals surface area contributed by atoms with E-state index in [2.05, 4.69) is 9.97 Å². The van der Waals surface area contributed by atoms with Gasteiger partial charge in [0, 0.05) is 0 Å². The molecule has 2 aromatic rings. The van der Waals surface area contributed by atoms with Gasteiger partial charge in [-0.2, -0.15) is 21.6 Å². The summed E-state index contributed by atoms with van der Waals surface area (Å²) < 4.78 is 68.4. The number of fused-ring (bicyclic) bond motifs is 1. The summed E-state index contributed by atoms with van der Waals surface area (Å²) in [6.45, 7) is 0. The second-order valence-corrected chi connectivity index (χ2v) is 4.68. The smallest absolute Gasteiger partial charge is 0.281 e. The quantitative estimate of drug-likeness (QED) is 0.806. The molecule has 1 N–H and O–H groups in total. The zero-order valence-electron chi connectivity index (χ0n) is 8.51. The van der Waals surface area contributed by atoms with E-state index in [0.29, 0.717) is 0 Å². The molecule has 2 rings (SSSR count). The van der Waals surface area contributed by atoms with Gasteiger partial charge in [0.05, 0.1) is 11.0 Å². The Balaban J connectivity index is 2.90. The molecule has 1 aromatic carbocycles. The van der Waals surface area contributed by atoms with Gasteiger partial charge in [0.1, 0.15) is 0 Å². The molecule has 0 atom stereocenters. The number of alkyl halides is 3. The molecule has 1 heterocycles. The Morgan fingerprint density at radius 1 is 1.06 bits per heavy atom. The number of hydrogen-bond donors (Lipinski definition) is 1. The SMILES string of the molecule is O=S(=O)(O)c1nc2ccccc2nc1C(F)(F)F. The van der Waals surface area contributed by atoms with E-state index in [1.807, 2.05) is 0 Å². The Kier molecular flexibility index (Phi) is 2.74. The molecule has 0 unspecified atom stereocenters. The first-order valence-electron chi connectivity index (χ1n) is 4.51. The third-order valence-corrected chi connectivity index (χ3v) is 2.82. The van der Waals surface area contributed by atoms with Crippen molar-refractivity contribution in [2.75, 3.05) is 0 Å². The largest absolute Gasteiger partial charge is 0.436 e. The summed E-state index contributed by atoms with van der Waals surface area (Å²) in [5, 5.41) is -1.49. The second kappa shape index (κ2) is 3.89. The van der Waals surface area contributed by atoms with Gasteiger partial charge in [-0.05, 0) is 12.1 Å². The number of halogens is 3. The highest BCUT2D eigenvalue weighted by Crippen LogP contribution is 2.32. The Bertz CT molecular complexity index is 713. The average molecular weight is 278 g/mol. The van der Waals surface area contributed by atoms with Gasteiger partial charge in [-0.1, -0.05) is 12.1 Å². The Morgan fingerprint density at radius 3 is 2.00 bits per heavy atom. The van der Waals surface area contributed by atoms with E-state index in [0.717, 1.165) is 0 Å². The molecule has 0 saturated carbocycles. The van der Waals surface area contributed by atoms with Crippen molar-refractivity contribution in [1.29, 1.82) is 0 Å². The number of para-hydroxylation sites is 2. The van der Waals surface area contributed by atoms with Crippen LogP contribution >= 0.6 is 0 Å². The highest BCUT2D eigenvalue weighted by atomic mass is 32.2. The summed E-state index contributed by atoms with van der Waals surface area (Å²) in [4.78, 5) is 6.48. The molecule has 0 aliphatic rings. The van der Waals surface area contributed by atoms with E-state index in [4.69, 9.17) is 4.55 Å². The number of aromatic nitrogens is 2. The molecule has 0 spiro atoms. The van der Waals surface area contributed by atoms with Crippen LogP contribution in [0.15, 0.2) is 29.3 Å².